The lowest BCUT2D eigenvalue weighted by Crippen LogP contribution is -2.36. The third-order valence-electron chi connectivity index (χ3n) is 7.87. The van der Waals surface area contributed by atoms with Gasteiger partial charge in [0.2, 0.25) is 17.0 Å². The summed E-state index contributed by atoms with van der Waals surface area (Å²) in [6, 6.07) is 7.33. The van der Waals surface area contributed by atoms with E-state index in [0.717, 1.165) is 36.7 Å². The lowest BCUT2D eigenvalue weighted by atomic mass is 10.2. The second kappa shape index (κ2) is 10.1. The first-order valence-electron chi connectivity index (χ1n) is 13.9. The lowest BCUT2D eigenvalue weighted by molar-refractivity contribution is 0.0815. The van der Waals surface area contributed by atoms with Gasteiger partial charge in [0.25, 0.3) is 5.91 Å². The van der Waals surface area contributed by atoms with Crippen LogP contribution in [0, 0.1) is 0 Å². The van der Waals surface area contributed by atoms with Crippen LogP contribution in [0.25, 0.3) is 33.5 Å². The Hall–Kier alpha value is -4.58. The minimum absolute atomic E-state index is 0.0471. The number of amides is 1. The molecule has 0 bridgehead atoms. The number of carbonyl (C=O) groups excluding carboxylic acids is 1. The highest BCUT2D eigenvalue weighted by Crippen LogP contribution is 2.35. The van der Waals surface area contributed by atoms with Crippen molar-refractivity contribution in [3.63, 3.8) is 0 Å². The molecule has 2 fully saturated rings. The molecule has 1 amide bonds. The molecule has 5 aromatic rings. The number of anilines is 3. The van der Waals surface area contributed by atoms with Crippen molar-refractivity contribution < 1.29 is 18.4 Å². The van der Waals surface area contributed by atoms with E-state index in [1.807, 2.05) is 23.1 Å². The van der Waals surface area contributed by atoms with Crippen molar-refractivity contribution in [3.8, 4) is 11.3 Å². The van der Waals surface area contributed by atoms with Gasteiger partial charge in [0.15, 0.2) is 11.5 Å². The molecule has 41 heavy (non-hydrogen) atoms. The molecule has 0 aromatic carbocycles. The summed E-state index contributed by atoms with van der Waals surface area (Å²) >= 11 is 0. The molecular weight excluding hydrogens is 526 g/mol. The van der Waals surface area contributed by atoms with Crippen LogP contribution in [0.3, 0.4) is 0 Å². The number of nitrogens with zero attached hydrogens (tertiary/aromatic N) is 5. The molecule has 212 valence electrons. The molecule has 0 atom stereocenters. The number of hydrogen-bond acceptors (Lipinski definition) is 9. The van der Waals surface area contributed by atoms with Crippen molar-refractivity contribution in [2.24, 2.45) is 0 Å². The summed E-state index contributed by atoms with van der Waals surface area (Å²) in [5.74, 6) is 1.51. The molecule has 1 saturated heterocycles. The number of carbonyl (C=O) groups is 1. The van der Waals surface area contributed by atoms with Gasteiger partial charge in [-0.15, -0.1) is 0 Å². The maximum absolute atomic E-state index is 13.0. The highest BCUT2D eigenvalue weighted by molar-refractivity contribution is 5.98. The van der Waals surface area contributed by atoms with Crippen molar-refractivity contribution in [2.75, 3.05) is 50.6 Å². The van der Waals surface area contributed by atoms with E-state index in [2.05, 4.69) is 19.9 Å². The van der Waals surface area contributed by atoms with Crippen LogP contribution in [0.4, 0.5) is 17.7 Å². The number of hydrogen-bond donors (Lipinski definition) is 2. The molecule has 0 unspecified atom stereocenters. The van der Waals surface area contributed by atoms with Crippen LogP contribution < -0.4 is 15.6 Å². The summed E-state index contributed by atoms with van der Waals surface area (Å²) in [6.45, 7) is 2.46. The topological polar surface area (TPSA) is 135 Å². The second-order valence-electron chi connectivity index (χ2n) is 10.8. The minimum atomic E-state index is -0.233. The average molecular weight is 558 g/mol. The third kappa shape index (κ3) is 4.53. The molecule has 6 heterocycles. The Morgan fingerprint density at radius 3 is 2.71 bits per heavy atom. The van der Waals surface area contributed by atoms with Gasteiger partial charge in [0, 0.05) is 44.8 Å². The van der Waals surface area contributed by atoms with Crippen LogP contribution in [0.2, 0.25) is 0 Å². The number of H-pyrrole nitrogens is 1. The molecular formula is C29H31N7O5. The first-order chi connectivity index (χ1) is 20.0. The number of aromatic amines is 1. The smallest absolute Gasteiger partial charge is 0.270 e. The van der Waals surface area contributed by atoms with Crippen LogP contribution in [0.15, 0.2) is 50.4 Å². The van der Waals surface area contributed by atoms with Crippen molar-refractivity contribution in [2.45, 2.75) is 31.7 Å². The predicted molar refractivity (Wildman–Crippen MR) is 154 cm³/mol. The number of morpholine rings is 1. The Balaban J connectivity index is 1.20. The monoisotopic (exact) mass is 557 g/mol. The fourth-order valence-electron chi connectivity index (χ4n) is 5.80. The normalized spacial score (nSPS) is 16.2. The van der Waals surface area contributed by atoms with E-state index < -0.39 is 0 Å². The first-order valence-corrected chi connectivity index (χ1v) is 13.9. The zero-order valence-corrected chi connectivity index (χ0v) is 23.0. The van der Waals surface area contributed by atoms with Crippen LogP contribution in [0.1, 0.15) is 42.2 Å². The van der Waals surface area contributed by atoms with E-state index in [1.54, 1.807) is 25.2 Å². The van der Waals surface area contributed by atoms with Gasteiger partial charge in [-0.3, -0.25) is 9.59 Å². The Kier molecular flexibility index (Phi) is 6.26. The molecule has 1 aliphatic heterocycles. The molecule has 2 aliphatic rings. The minimum Gasteiger partial charge on any atom is -0.456 e. The largest absolute Gasteiger partial charge is 0.456 e. The maximum Gasteiger partial charge on any atom is 0.270 e. The Morgan fingerprint density at radius 1 is 1.12 bits per heavy atom. The first kappa shape index (κ1) is 25.4. The molecule has 5 aromatic heterocycles. The Labute approximate surface area is 234 Å². The fraction of sp³-hybridized carbons (Fsp3) is 0.379. The van der Waals surface area contributed by atoms with Gasteiger partial charge in [0.05, 0.1) is 30.5 Å². The molecule has 1 saturated carbocycles. The number of rotatable bonds is 6. The summed E-state index contributed by atoms with van der Waals surface area (Å²) < 4.78 is 19.3. The molecule has 0 radical (unpaired) electrons. The fourth-order valence-corrected chi connectivity index (χ4v) is 5.80. The average Bonchev–Trinajstić information content (AvgIpc) is 3.78. The summed E-state index contributed by atoms with van der Waals surface area (Å²) in [4.78, 5) is 42.0. The zero-order valence-electron chi connectivity index (χ0n) is 23.0. The standard InChI is InChI=1S/C29H31N7O5/c1-34(2)28(38)21-13-17-15-30-29(33-27(17)36(21)18-5-3-4-6-18)32-23-8-7-20(31-23)19-16-40-26-22(37)14-24(41-25(19)26)35-9-11-39-12-10-35/h7-8,13-16,18,31H,3-6,9-12H2,1-2H3,(H,30,32,33). The lowest BCUT2D eigenvalue weighted by Gasteiger charge is -2.26. The van der Waals surface area contributed by atoms with Crippen molar-refractivity contribution in [1.82, 2.24) is 24.4 Å². The van der Waals surface area contributed by atoms with Crippen LogP contribution in [-0.2, 0) is 4.74 Å². The van der Waals surface area contributed by atoms with E-state index in [9.17, 15) is 9.59 Å². The van der Waals surface area contributed by atoms with Crippen molar-refractivity contribution in [3.05, 3.63) is 52.6 Å². The van der Waals surface area contributed by atoms with E-state index in [-0.39, 0.29) is 23.0 Å². The Bertz CT molecular complexity index is 1800. The van der Waals surface area contributed by atoms with Gasteiger partial charge >= 0.3 is 0 Å². The summed E-state index contributed by atoms with van der Waals surface area (Å²) in [5, 5.41) is 4.08. The third-order valence-corrected chi connectivity index (χ3v) is 7.87. The highest BCUT2D eigenvalue weighted by Gasteiger charge is 2.27. The highest BCUT2D eigenvalue weighted by atomic mass is 16.5. The van der Waals surface area contributed by atoms with E-state index >= 15 is 0 Å². The second-order valence-corrected chi connectivity index (χ2v) is 10.8. The number of fused-ring (bicyclic) bond motifs is 2. The van der Waals surface area contributed by atoms with Crippen molar-refractivity contribution in [1.29, 1.82) is 0 Å². The molecule has 7 rings (SSSR count). The summed E-state index contributed by atoms with van der Waals surface area (Å²) in [5.41, 5.74) is 3.05. The van der Waals surface area contributed by atoms with Crippen LogP contribution in [-0.4, -0.2) is 70.7 Å². The number of furan rings is 1. The van der Waals surface area contributed by atoms with Gasteiger partial charge < -0.3 is 38.2 Å². The number of aromatic nitrogens is 4. The Morgan fingerprint density at radius 2 is 1.93 bits per heavy atom. The number of ether oxygens (including phenoxy) is 1. The summed E-state index contributed by atoms with van der Waals surface area (Å²) in [7, 11) is 3.52. The molecule has 12 nitrogen and oxygen atoms in total. The van der Waals surface area contributed by atoms with Crippen molar-refractivity contribution >= 4 is 45.8 Å². The van der Waals surface area contributed by atoms with Gasteiger partial charge in [-0.05, 0) is 31.0 Å². The van der Waals surface area contributed by atoms with E-state index in [4.69, 9.17) is 18.6 Å². The van der Waals surface area contributed by atoms with Gasteiger partial charge in [-0.1, -0.05) is 12.8 Å². The van der Waals surface area contributed by atoms with Crippen LogP contribution >= 0.6 is 0 Å². The number of nitrogens with one attached hydrogen (secondary N) is 2. The van der Waals surface area contributed by atoms with Crippen LogP contribution in [0.5, 0.6) is 0 Å². The molecule has 2 N–H and O–H groups in total. The molecule has 0 spiro atoms. The van der Waals surface area contributed by atoms with Gasteiger partial charge in [-0.2, -0.15) is 4.98 Å². The van der Waals surface area contributed by atoms with E-state index in [1.165, 1.54) is 12.3 Å². The van der Waals surface area contributed by atoms with Gasteiger partial charge in [-0.25, -0.2) is 4.98 Å². The van der Waals surface area contributed by atoms with Gasteiger partial charge in [0.1, 0.15) is 23.4 Å². The zero-order chi connectivity index (χ0) is 28.1. The molecule has 12 heteroatoms. The maximum atomic E-state index is 13.0. The predicted octanol–water partition coefficient (Wildman–Crippen LogP) is 4.52. The quantitative estimate of drug-likeness (QED) is 0.309. The molecule has 1 aliphatic carbocycles. The van der Waals surface area contributed by atoms with E-state index in [0.29, 0.717) is 66.5 Å². The summed E-state index contributed by atoms with van der Waals surface area (Å²) in [6.07, 6.45) is 7.58. The SMILES string of the molecule is CN(C)C(=O)c1cc2cnc(Nc3ccc(-c4coc5c(=O)cc(N6CCOCC6)oc45)[nH]3)nc2n1C1CCCC1.